The molecule has 6 rings (SSSR count). The van der Waals surface area contributed by atoms with Crippen molar-refractivity contribution in [2.24, 2.45) is 5.92 Å². The molecule has 2 N–H and O–H groups in total. The van der Waals surface area contributed by atoms with E-state index in [0.29, 0.717) is 20.4 Å². The summed E-state index contributed by atoms with van der Waals surface area (Å²) in [7, 11) is 0. The molecule has 2 aliphatic rings. The van der Waals surface area contributed by atoms with Gasteiger partial charge < -0.3 is 15.0 Å². The molecule has 0 bridgehead atoms. The number of amides is 3. The average molecular weight is 680 g/mol. The Morgan fingerprint density at radius 3 is 2.26 bits per heavy atom. The highest BCUT2D eigenvalue weighted by Gasteiger charge is 2.57. The Morgan fingerprint density at radius 1 is 0.870 bits per heavy atom. The van der Waals surface area contributed by atoms with Gasteiger partial charge >= 0.3 is 17.2 Å². The molecule has 238 valence electrons. The lowest BCUT2D eigenvalue weighted by molar-refractivity contribution is -0.138. The van der Waals surface area contributed by atoms with Crippen LogP contribution in [0.5, 0.6) is 5.75 Å². The summed E-state index contributed by atoms with van der Waals surface area (Å²) in [6, 6.07) is 14.6. The predicted octanol–water partition coefficient (Wildman–Crippen LogP) is 6.29. The van der Waals surface area contributed by atoms with E-state index in [0.717, 1.165) is 53.4 Å². The molecule has 4 aromatic rings. The van der Waals surface area contributed by atoms with Crippen molar-refractivity contribution in [1.29, 1.82) is 0 Å². The first-order valence-electron chi connectivity index (χ1n) is 13.4. The largest absolute Gasteiger partial charge is 0.484 e. The molecule has 0 saturated carbocycles. The van der Waals surface area contributed by atoms with Crippen LogP contribution >= 0.6 is 23.1 Å². The number of nitrogens with one attached hydrogen (secondary N) is 2. The molecule has 8 nitrogen and oxygen atoms in total. The zero-order valence-electron chi connectivity index (χ0n) is 22.9. The first kappa shape index (κ1) is 31.4. The van der Waals surface area contributed by atoms with Crippen LogP contribution in [0.4, 0.5) is 37.7 Å². The second kappa shape index (κ2) is 11.7. The van der Waals surface area contributed by atoms with Crippen molar-refractivity contribution in [2.45, 2.75) is 28.5 Å². The molecule has 0 radical (unpaired) electrons. The number of alkyl halides is 6. The summed E-state index contributed by atoms with van der Waals surface area (Å²) in [4.78, 5) is 55.4. The highest BCUT2D eigenvalue weighted by Crippen LogP contribution is 2.54. The summed E-state index contributed by atoms with van der Waals surface area (Å²) in [5, 5.41) is 1.29. The van der Waals surface area contributed by atoms with Crippen LogP contribution < -0.4 is 19.8 Å². The molecular formula is C30H19F6N3O5S2. The molecular weight excluding hydrogens is 660 g/mol. The number of hydrogen-bond acceptors (Lipinski definition) is 7. The summed E-state index contributed by atoms with van der Waals surface area (Å²) in [5.74, 6) is -4.73. The minimum Gasteiger partial charge on any atom is -0.484 e. The van der Waals surface area contributed by atoms with Crippen molar-refractivity contribution in [3.63, 3.8) is 0 Å². The number of halogens is 6. The number of nitrogens with zero attached hydrogens (tertiary/aromatic N) is 1. The van der Waals surface area contributed by atoms with E-state index in [1.165, 1.54) is 36.4 Å². The van der Waals surface area contributed by atoms with E-state index in [1.54, 1.807) is 6.07 Å². The summed E-state index contributed by atoms with van der Waals surface area (Å²) in [6.07, 6.45) is -9.56. The van der Waals surface area contributed by atoms with Gasteiger partial charge in [0.15, 0.2) is 6.61 Å². The molecule has 1 saturated heterocycles. The summed E-state index contributed by atoms with van der Waals surface area (Å²) >= 11 is 1.68. The molecule has 0 spiro atoms. The van der Waals surface area contributed by atoms with Crippen molar-refractivity contribution < 1.29 is 45.5 Å². The van der Waals surface area contributed by atoms with Gasteiger partial charge in [-0.2, -0.15) is 26.3 Å². The van der Waals surface area contributed by atoms with Gasteiger partial charge in [0.1, 0.15) is 11.0 Å². The number of aromatic amines is 1. The molecule has 2 aliphatic heterocycles. The highest BCUT2D eigenvalue weighted by atomic mass is 32.2. The summed E-state index contributed by atoms with van der Waals surface area (Å²) in [5.41, 5.74) is -2.91. The van der Waals surface area contributed by atoms with E-state index < -0.39 is 81.1 Å². The van der Waals surface area contributed by atoms with Gasteiger partial charge in [0, 0.05) is 10.8 Å². The normalized spacial score (nSPS) is 19.5. The SMILES string of the molecule is O=C(COc1cccc([C@@H]2c3sc(=O)[nH]c3S[C@H]3C(=O)N(c4ccccc4C(F)(F)F)C(=O)[C@@H]23)c1)Nc1ccccc1C(F)(F)F. The third kappa shape index (κ3) is 5.77. The Balaban J connectivity index is 1.30. The maximum Gasteiger partial charge on any atom is 0.418 e. The highest BCUT2D eigenvalue weighted by molar-refractivity contribution is 8.00. The Kier molecular flexibility index (Phi) is 7.96. The number of aromatic nitrogens is 1. The minimum absolute atomic E-state index is 0.0759. The number of thiazole rings is 1. The molecule has 3 aromatic carbocycles. The molecule has 3 atom stereocenters. The van der Waals surface area contributed by atoms with Crippen molar-refractivity contribution in [3.8, 4) is 5.75 Å². The Bertz CT molecular complexity index is 1920. The Hall–Kier alpha value is -4.57. The lowest BCUT2D eigenvalue weighted by Crippen LogP contribution is -2.33. The van der Waals surface area contributed by atoms with Crippen LogP contribution in [0.1, 0.15) is 27.5 Å². The lowest BCUT2D eigenvalue weighted by Gasteiger charge is -2.30. The lowest BCUT2D eigenvalue weighted by atomic mass is 9.83. The standard InChI is InChI=1S/C30H19F6N3O5S2/c31-29(32,33)16-8-1-3-10-18(16)37-20(40)13-44-15-7-5-6-14(12-15)21-22-24(45-25-23(21)46-28(43)38-25)27(42)39(26(22)41)19-11-4-2-9-17(19)30(34,35)36/h1-12,21-22,24H,13H2,(H,37,40)(H,38,43)/t21-,22-,24+/m0/s1. The van der Waals surface area contributed by atoms with Crippen molar-refractivity contribution >= 4 is 52.2 Å². The van der Waals surface area contributed by atoms with Gasteiger partial charge in [0.05, 0.1) is 33.4 Å². The first-order valence-corrected chi connectivity index (χ1v) is 15.1. The second-order valence-electron chi connectivity index (χ2n) is 10.2. The number of ether oxygens (including phenoxy) is 1. The smallest absolute Gasteiger partial charge is 0.418 e. The minimum atomic E-state index is -4.85. The number of rotatable bonds is 6. The summed E-state index contributed by atoms with van der Waals surface area (Å²) in [6.45, 7) is -0.690. The quantitative estimate of drug-likeness (QED) is 0.183. The maximum atomic E-state index is 13.9. The first-order chi connectivity index (χ1) is 21.7. The summed E-state index contributed by atoms with van der Waals surface area (Å²) < 4.78 is 87.1. The number of carbonyl (C=O) groups is 3. The van der Waals surface area contributed by atoms with Crippen molar-refractivity contribution in [1.82, 2.24) is 4.98 Å². The van der Waals surface area contributed by atoms with Gasteiger partial charge in [-0.1, -0.05) is 59.5 Å². The molecule has 16 heteroatoms. The number of carbonyl (C=O) groups excluding carboxylic acids is 3. The second-order valence-corrected chi connectivity index (χ2v) is 12.4. The van der Waals surface area contributed by atoms with Crippen molar-refractivity contribution in [2.75, 3.05) is 16.8 Å². The van der Waals surface area contributed by atoms with Crippen molar-refractivity contribution in [3.05, 3.63) is 104 Å². The van der Waals surface area contributed by atoms with E-state index in [4.69, 9.17) is 4.74 Å². The number of anilines is 2. The number of fused-ring (bicyclic) bond motifs is 2. The zero-order valence-corrected chi connectivity index (χ0v) is 24.6. The van der Waals surface area contributed by atoms with E-state index in [9.17, 15) is 45.5 Å². The molecule has 0 unspecified atom stereocenters. The fourth-order valence-electron chi connectivity index (χ4n) is 5.49. The van der Waals surface area contributed by atoms with Crippen LogP contribution in [0.15, 0.2) is 82.6 Å². The van der Waals surface area contributed by atoms with Crippen LogP contribution in [0.3, 0.4) is 0 Å². The average Bonchev–Trinajstić information content (AvgIpc) is 3.49. The fraction of sp³-hybridized carbons (Fsp3) is 0.200. The molecule has 3 heterocycles. The molecule has 3 amide bonds. The number of imide groups is 1. The number of hydrogen-bond donors (Lipinski definition) is 2. The topological polar surface area (TPSA) is 109 Å². The van der Waals surface area contributed by atoms with Gasteiger partial charge in [-0.25, -0.2) is 4.90 Å². The van der Waals surface area contributed by atoms with Crippen LogP contribution in [0, 0.1) is 5.92 Å². The Morgan fingerprint density at radius 2 is 1.54 bits per heavy atom. The monoisotopic (exact) mass is 679 g/mol. The van der Waals surface area contributed by atoms with Gasteiger partial charge in [-0.3, -0.25) is 19.2 Å². The molecule has 1 fully saturated rings. The molecule has 0 aliphatic carbocycles. The molecule has 46 heavy (non-hydrogen) atoms. The third-order valence-corrected chi connectivity index (χ3v) is 9.77. The maximum absolute atomic E-state index is 13.9. The predicted molar refractivity (Wildman–Crippen MR) is 156 cm³/mol. The van der Waals surface area contributed by atoms with Crippen LogP contribution in [-0.4, -0.2) is 34.6 Å². The number of para-hydroxylation sites is 2. The van der Waals surface area contributed by atoms with Gasteiger partial charge in [0.2, 0.25) is 11.8 Å². The van der Waals surface area contributed by atoms with Gasteiger partial charge in [-0.05, 0) is 42.0 Å². The van der Waals surface area contributed by atoms with E-state index in [1.807, 2.05) is 0 Å². The van der Waals surface area contributed by atoms with E-state index >= 15 is 0 Å². The number of benzene rings is 3. The van der Waals surface area contributed by atoms with Crippen LogP contribution in [-0.2, 0) is 26.7 Å². The van der Waals surface area contributed by atoms with Crippen LogP contribution in [0.2, 0.25) is 0 Å². The Labute approximate surface area is 263 Å². The van der Waals surface area contributed by atoms with Gasteiger partial charge in [0.25, 0.3) is 5.91 Å². The third-order valence-electron chi connectivity index (χ3n) is 7.37. The zero-order chi connectivity index (χ0) is 33.0. The number of H-pyrrole nitrogens is 1. The number of thioether (sulfide) groups is 1. The van der Waals surface area contributed by atoms with Crippen LogP contribution in [0.25, 0.3) is 0 Å². The van der Waals surface area contributed by atoms with Gasteiger partial charge in [-0.15, -0.1) is 0 Å². The fourth-order valence-corrected chi connectivity index (χ4v) is 8.01. The molecule has 1 aromatic heterocycles. The van der Waals surface area contributed by atoms with E-state index in [-0.39, 0.29) is 5.75 Å². The van der Waals surface area contributed by atoms with E-state index in [2.05, 4.69) is 10.3 Å².